The van der Waals surface area contributed by atoms with Gasteiger partial charge in [0.2, 0.25) is 5.91 Å². The third-order valence-corrected chi connectivity index (χ3v) is 5.08. The Bertz CT molecular complexity index is 912. The SMILES string of the molecule is O=C1N(c2ccccc2)c2ccccc2C1(CCO)Cc1ccncc1. The van der Waals surface area contributed by atoms with Gasteiger partial charge < -0.3 is 5.11 Å². The third kappa shape index (κ3) is 2.59. The lowest BCUT2D eigenvalue weighted by Crippen LogP contribution is -2.41. The van der Waals surface area contributed by atoms with Gasteiger partial charge in [0, 0.05) is 24.7 Å². The predicted molar refractivity (Wildman–Crippen MR) is 101 cm³/mol. The number of amides is 1. The fraction of sp³-hybridized carbons (Fsp3) is 0.182. The summed E-state index contributed by atoms with van der Waals surface area (Å²) in [6, 6.07) is 21.4. The van der Waals surface area contributed by atoms with E-state index in [4.69, 9.17) is 0 Å². The molecule has 4 rings (SSSR count). The highest BCUT2D eigenvalue weighted by molar-refractivity contribution is 6.13. The van der Waals surface area contributed by atoms with Crippen molar-refractivity contribution in [2.45, 2.75) is 18.3 Å². The molecular weight excluding hydrogens is 324 g/mol. The van der Waals surface area contributed by atoms with Crippen molar-refractivity contribution < 1.29 is 9.90 Å². The standard InChI is InChI=1S/C22H20N2O2/c25-15-12-22(16-17-10-13-23-14-11-17)19-8-4-5-9-20(19)24(21(22)26)18-6-2-1-3-7-18/h1-11,13-14,25H,12,15-16H2. The number of aliphatic hydroxyl groups excluding tert-OH is 1. The zero-order valence-corrected chi connectivity index (χ0v) is 14.4. The minimum absolute atomic E-state index is 0.00997. The number of carbonyl (C=O) groups is 1. The molecule has 26 heavy (non-hydrogen) atoms. The molecule has 0 spiro atoms. The normalized spacial score (nSPS) is 18.8. The van der Waals surface area contributed by atoms with Gasteiger partial charge in [-0.15, -0.1) is 0 Å². The molecule has 4 nitrogen and oxygen atoms in total. The first-order chi connectivity index (χ1) is 12.8. The number of para-hydroxylation sites is 2. The maximum Gasteiger partial charge on any atom is 0.242 e. The minimum Gasteiger partial charge on any atom is -0.396 e. The van der Waals surface area contributed by atoms with E-state index in [-0.39, 0.29) is 12.5 Å². The summed E-state index contributed by atoms with van der Waals surface area (Å²) in [5.41, 5.74) is 2.97. The van der Waals surface area contributed by atoms with Crippen LogP contribution in [0.3, 0.4) is 0 Å². The number of benzene rings is 2. The molecule has 2 aromatic carbocycles. The van der Waals surface area contributed by atoms with Crippen LogP contribution in [0.4, 0.5) is 11.4 Å². The molecule has 1 aliphatic rings. The maximum absolute atomic E-state index is 13.7. The second-order valence-electron chi connectivity index (χ2n) is 6.58. The molecule has 3 aromatic rings. The lowest BCUT2D eigenvalue weighted by Gasteiger charge is -2.28. The van der Waals surface area contributed by atoms with Crippen LogP contribution in [0, 0.1) is 0 Å². The van der Waals surface area contributed by atoms with Crippen LogP contribution in [0.25, 0.3) is 0 Å². The molecule has 1 aromatic heterocycles. The number of aliphatic hydroxyl groups is 1. The van der Waals surface area contributed by atoms with E-state index >= 15 is 0 Å². The topological polar surface area (TPSA) is 53.4 Å². The summed E-state index contributed by atoms with van der Waals surface area (Å²) in [7, 11) is 0. The molecule has 0 bridgehead atoms. The van der Waals surface area contributed by atoms with Gasteiger partial charge in [0.25, 0.3) is 0 Å². The molecule has 0 saturated heterocycles. The van der Waals surface area contributed by atoms with Gasteiger partial charge in [0.15, 0.2) is 0 Å². The quantitative estimate of drug-likeness (QED) is 0.769. The van der Waals surface area contributed by atoms with Crippen LogP contribution in [-0.2, 0) is 16.6 Å². The Hall–Kier alpha value is -2.98. The molecule has 0 aliphatic carbocycles. The summed E-state index contributed by atoms with van der Waals surface area (Å²) < 4.78 is 0. The first-order valence-corrected chi connectivity index (χ1v) is 8.75. The Morgan fingerprint density at radius 3 is 2.35 bits per heavy atom. The third-order valence-electron chi connectivity index (χ3n) is 5.08. The van der Waals surface area contributed by atoms with Crippen molar-refractivity contribution in [2.75, 3.05) is 11.5 Å². The highest BCUT2D eigenvalue weighted by atomic mass is 16.3. The number of hydrogen-bond donors (Lipinski definition) is 1. The Morgan fingerprint density at radius 1 is 0.923 bits per heavy atom. The van der Waals surface area contributed by atoms with Gasteiger partial charge in [-0.3, -0.25) is 14.7 Å². The summed E-state index contributed by atoms with van der Waals surface area (Å²) in [4.78, 5) is 19.5. The van der Waals surface area contributed by atoms with E-state index < -0.39 is 5.41 Å². The Balaban J connectivity index is 1.87. The van der Waals surface area contributed by atoms with Gasteiger partial charge in [-0.1, -0.05) is 36.4 Å². The zero-order valence-electron chi connectivity index (χ0n) is 14.4. The van der Waals surface area contributed by atoms with E-state index in [9.17, 15) is 9.90 Å². The van der Waals surface area contributed by atoms with Crippen LogP contribution >= 0.6 is 0 Å². The number of carbonyl (C=O) groups excluding carboxylic acids is 1. The van der Waals surface area contributed by atoms with Crippen molar-refractivity contribution >= 4 is 17.3 Å². The molecule has 1 amide bonds. The van der Waals surface area contributed by atoms with Gasteiger partial charge >= 0.3 is 0 Å². The van der Waals surface area contributed by atoms with Gasteiger partial charge in [0.05, 0.1) is 11.1 Å². The summed E-state index contributed by atoms with van der Waals surface area (Å²) in [5, 5.41) is 9.79. The maximum atomic E-state index is 13.7. The monoisotopic (exact) mass is 344 g/mol. The van der Waals surface area contributed by atoms with Crippen LogP contribution in [0.5, 0.6) is 0 Å². The van der Waals surface area contributed by atoms with Gasteiger partial charge in [-0.25, -0.2) is 0 Å². The number of pyridine rings is 1. The number of aromatic nitrogens is 1. The molecule has 2 heterocycles. The van der Waals surface area contributed by atoms with Crippen molar-refractivity contribution in [3.05, 3.63) is 90.3 Å². The van der Waals surface area contributed by atoms with E-state index in [2.05, 4.69) is 4.98 Å². The molecule has 1 atom stereocenters. The van der Waals surface area contributed by atoms with E-state index in [0.29, 0.717) is 12.8 Å². The molecule has 1 aliphatic heterocycles. The Morgan fingerprint density at radius 2 is 1.62 bits per heavy atom. The van der Waals surface area contributed by atoms with Crippen molar-refractivity contribution in [1.82, 2.24) is 4.98 Å². The number of hydrogen-bond acceptors (Lipinski definition) is 3. The van der Waals surface area contributed by atoms with E-state index in [0.717, 1.165) is 22.5 Å². The summed E-state index contributed by atoms with van der Waals surface area (Å²) in [6.45, 7) is -0.0478. The van der Waals surface area contributed by atoms with Crippen LogP contribution in [0.2, 0.25) is 0 Å². The zero-order chi connectivity index (χ0) is 18.0. The van der Waals surface area contributed by atoms with Gasteiger partial charge in [-0.05, 0) is 54.3 Å². The predicted octanol–water partition coefficient (Wildman–Crippen LogP) is 3.62. The number of fused-ring (bicyclic) bond motifs is 1. The first-order valence-electron chi connectivity index (χ1n) is 8.75. The van der Waals surface area contributed by atoms with Crippen molar-refractivity contribution in [3.8, 4) is 0 Å². The van der Waals surface area contributed by atoms with Crippen LogP contribution in [0.1, 0.15) is 17.5 Å². The molecule has 1 unspecified atom stereocenters. The highest BCUT2D eigenvalue weighted by Gasteiger charge is 2.50. The van der Waals surface area contributed by atoms with E-state index in [1.807, 2.05) is 66.7 Å². The minimum atomic E-state index is -0.775. The fourth-order valence-electron chi connectivity index (χ4n) is 3.89. The first kappa shape index (κ1) is 16.5. The number of nitrogens with zero attached hydrogens (tertiary/aromatic N) is 2. The van der Waals surface area contributed by atoms with Crippen LogP contribution < -0.4 is 4.90 Å². The summed E-state index contributed by atoms with van der Waals surface area (Å²) >= 11 is 0. The average Bonchev–Trinajstić information content (AvgIpc) is 2.92. The van der Waals surface area contributed by atoms with Crippen LogP contribution in [-0.4, -0.2) is 22.6 Å². The van der Waals surface area contributed by atoms with Crippen molar-refractivity contribution in [3.63, 3.8) is 0 Å². The lowest BCUT2D eigenvalue weighted by molar-refractivity contribution is -0.123. The van der Waals surface area contributed by atoms with E-state index in [1.54, 1.807) is 17.3 Å². The Kier molecular flexibility index (Phi) is 4.27. The van der Waals surface area contributed by atoms with Crippen LogP contribution in [0.15, 0.2) is 79.1 Å². The molecule has 0 fully saturated rings. The second-order valence-corrected chi connectivity index (χ2v) is 6.58. The van der Waals surface area contributed by atoms with Gasteiger partial charge in [-0.2, -0.15) is 0 Å². The summed E-state index contributed by atoms with van der Waals surface area (Å²) in [5.74, 6) is 0.00997. The van der Waals surface area contributed by atoms with E-state index in [1.165, 1.54) is 0 Å². The summed E-state index contributed by atoms with van der Waals surface area (Å²) in [6.07, 6.45) is 4.40. The smallest absolute Gasteiger partial charge is 0.242 e. The number of anilines is 2. The van der Waals surface area contributed by atoms with Crippen molar-refractivity contribution in [1.29, 1.82) is 0 Å². The number of rotatable bonds is 5. The Labute approximate surface area is 152 Å². The molecule has 0 radical (unpaired) electrons. The molecule has 0 saturated carbocycles. The average molecular weight is 344 g/mol. The highest BCUT2D eigenvalue weighted by Crippen LogP contribution is 2.48. The fourth-order valence-corrected chi connectivity index (χ4v) is 3.89. The lowest BCUT2D eigenvalue weighted by atomic mass is 9.74. The van der Waals surface area contributed by atoms with Crippen molar-refractivity contribution in [2.24, 2.45) is 0 Å². The molecule has 4 heteroatoms. The molecular formula is C22H20N2O2. The second kappa shape index (κ2) is 6.73. The molecule has 1 N–H and O–H groups in total. The molecule has 130 valence electrons. The van der Waals surface area contributed by atoms with Gasteiger partial charge in [0.1, 0.15) is 0 Å². The largest absolute Gasteiger partial charge is 0.396 e.